The fourth-order valence-corrected chi connectivity index (χ4v) is 4.80. The van der Waals surface area contributed by atoms with Gasteiger partial charge in [0.15, 0.2) is 4.90 Å². The monoisotopic (exact) mass is 363 g/mol. The Balaban J connectivity index is 0.00000264. The number of nitrogens with one attached hydrogen (secondary N) is 1. The Labute approximate surface area is 142 Å². The molecule has 0 saturated heterocycles. The van der Waals surface area contributed by atoms with Crippen molar-refractivity contribution in [3.63, 3.8) is 0 Å². The largest absolute Gasteiger partial charge is 0.329 e. The first-order chi connectivity index (χ1) is 10.4. The van der Waals surface area contributed by atoms with Gasteiger partial charge in [-0.15, -0.1) is 12.4 Å². The topological polar surface area (TPSA) is 115 Å². The van der Waals surface area contributed by atoms with Crippen molar-refractivity contribution in [3.8, 4) is 0 Å². The highest BCUT2D eigenvalue weighted by Crippen LogP contribution is 2.30. The lowest BCUT2D eigenvalue weighted by Crippen LogP contribution is -2.44. The molecule has 0 radical (unpaired) electrons. The third-order valence-electron chi connectivity index (χ3n) is 4.19. The molecule has 0 bridgehead atoms. The van der Waals surface area contributed by atoms with Crippen LogP contribution in [0.1, 0.15) is 31.2 Å². The van der Waals surface area contributed by atoms with Crippen LogP contribution in [-0.2, 0) is 10.0 Å². The molecule has 3 N–H and O–H groups in total. The van der Waals surface area contributed by atoms with Gasteiger partial charge in [-0.2, -0.15) is 0 Å². The number of aryl methyl sites for hydroxylation is 1. The van der Waals surface area contributed by atoms with Gasteiger partial charge in [0.05, 0.1) is 4.92 Å². The molecule has 1 fully saturated rings. The molecule has 9 heteroatoms. The highest BCUT2D eigenvalue weighted by molar-refractivity contribution is 7.89. The number of nitro benzene ring substituents is 1. The van der Waals surface area contributed by atoms with Gasteiger partial charge in [-0.1, -0.05) is 25.0 Å². The van der Waals surface area contributed by atoms with Gasteiger partial charge in [-0.05, 0) is 31.2 Å². The Bertz CT molecular complexity index is 660. The summed E-state index contributed by atoms with van der Waals surface area (Å²) in [7, 11) is -3.99. The van der Waals surface area contributed by atoms with E-state index in [-0.39, 0.29) is 35.8 Å². The van der Waals surface area contributed by atoms with E-state index in [1.807, 2.05) is 0 Å². The van der Waals surface area contributed by atoms with Crippen LogP contribution in [0.2, 0.25) is 0 Å². The Kier molecular flexibility index (Phi) is 6.94. The number of benzene rings is 1. The van der Waals surface area contributed by atoms with Crippen molar-refractivity contribution in [1.29, 1.82) is 0 Å². The second-order valence-corrected chi connectivity index (χ2v) is 7.34. The molecule has 1 aromatic carbocycles. The van der Waals surface area contributed by atoms with Crippen LogP contribution < -0.4 is 10.5 Å². The highest BCUT2D eigenvalue weighted by Gasteiger charge is 2.33. The van der Waals surface area contributed by atoms with E-state index in [1.165, 1.54) is 12.1 Å². The van der Waals surface area contributed by atoms with Crippen LogP contribution in [0.15, 0.2) is 23.1 Å². The number of nitrogens with zero attached hydrogens (tertiary/aromatic N) is 1. The molecule has 0 spiro atoms. The van der Waals surface area contributed by atoms with E-state index in [4.69, 9.17) is 5.73 Å². The summed E-state index contributed by atoms with van der Waals surface area (Å²) in [5.74, 6) is 0.197. The van der Waals surface area contributed by atoms with Crippen molar-refractivity contribution in [3.05, 3.63) is 33.9 Å². The Morgan fingerprint density at radius 2 is 2.00 bits per heavy atom. The fraction of sp³-hybridized carbons (Fsp3) is 0.571. The molecule has 0 aromatic heterocycles. The molecule has 7 nitrogen and oxygen atoms in total. The maximum atomic E-state index is 12.6. The number of nitrogens with two attached hydrogens (primary N) is 1. The fourth-order valence-electron chi connectivity index (χ4n) is 3.09. The molecule has 1 saturated carbocycles. The van der Waals surface area contributed by atoms with Gasteiger partial charge in [0.1, 0.15) is 0 Å². The van der Waals surface area contributed by atoms with Gasteiger partial charge in [-0.25, -0.2) is 13.1 Å². The molecule has 1 aromatic rings. The first-order valence-corrected chi connectivity index (χ1v) is 8.81. The number of sulfonamides is 1. The molecule has 2 rings (SSSR count). The van der Waals surface area contributed by atoms with Crippen LogP contribution in [0.4, 0.5) is 5.69 Å². The smallest absolute Gasteiger partial charge is 0.289 e. The predicted octanol–water partition coefficient (Wildman–Crippen LogP) is 2.12. The SMILES string of the molecule is Cc1cccc([N+](=O)[O-])c1S(=O)(=O)NC(CN)C1CCCC1.Cl. The summed E-state index contributed by atoms with van der Waals surface area (Å²) in [6.07, 6.45) is 3.99. The first kappa shape index (κ1) is 19.8. The zero-order chi connectivity index (χ0) is 16.3. The Morgan fingerprint density at radius 1 is 1.39 bits per heavy atom. The van der Waals surface area contributed by atoms with E-state index < -0.39 is 20.6 Å². The molecule has 0 heterocycles. The number of hydrogen-bond acceptors (Lipinski definition) is 5. The normalized spacial score (nSPS) is 16.8. The second-order valence-electron chi connectivity index (χ2n) is 5.69. The number of rotatable bonds is 6. The molecule has 1 unspecified atom stereocenters. The molecule has 130 valence electrons. The van der Waals surface area contributed by atoms with Crippen molar-refractivity contribution < 1.29 is 13.3 Å². The molecule has 23 heavy (non-hydrogen) atoms. The van der Waals surface area contributed by atoms with E-state index >= 15 is 0 Å². The van der Waals surface area contributed by atoms with Gasteiger partial charge in [0.2, 0.25) is 10.0 Å². The third kappa shape index (κ3) is 4.41. The second kappa shape index (κ2) is 8.05. The number of hydrogen-bond donors (Lipinski definition) is 2. The zero-order valence-electron chi connectivity index (χ0n) is 12.9. The molecule has 0 amide bonds. The van der Waals surface area contributed by atoms with Gasteiger partial charge in [0, 0.05) is 18.7 Å². The average Bonchev–Trinajstić information content (AvgIpc) is 2.98. The number of halogens is 1. The van der Waals surface area contributed by atoms with Crippen LogP contribution in [-0.4, -0.2) is 25.9 Å². The lowest BCUT2D eigenvalue weighted by Gasteiger charge is -2.23. The summed E-state index contributed by atoms with van der Waals surface area (Å²) in [6.45, 7) is 1.73. The van der Waals surface area contributed by atoms with Gasteiger partial charge in [0.25, 0.3) is 5.69 Å². The summed E-state index contributed by atoms with van der Waals surface area (Å²) >= 11 is 0. The standard InChI is InChI=1S/C14H21N3O4S.ClH/c1-10-5-4-8-13(17(18)19)14(10)22(20,21)16-12(9-15)11-6-2-3-7-11;/h4-5,8,11-12,16H,2-3,6-7,9,15H2,1H3;1H. The van der Waals surface area contributed by atoms with Crippen LogP contribution in [0.5, 0.6) is 0 Å². The maximum Gasteiger partial charge on any atom is 0.289 e. The van der Waals surface area contributed by atoms with E-state index in [9.17, 15) is 18.5 Å². The molecule has 1 aliphatic rings. The van der Waals surface area contributed by atoms with E-state index in [2.05, 4.69) is 4.72 Å². The van der Waals surface area contributed by atoms with Crippen molar-refractivity contribution in [2.45, 2.75) is 43.5 Å². The van der Waals surface area contributed by atoms with Gasteiger partial charge in [-0.3, -0.25) is 10.1 Å². The molecule has 1 atom stereocenters. The van der Waals surface area contributed by atoms with Crippen molar-refractivity contribution >= 4 is 28.1 Å². The quantitative estimate of drug-likeness (QED) is 0.593. The van der Waals surface area contributed by atoms with E-state index in [0.29, 0.717) is 5.56 Å². The average molecular weight is 364 g/mol. The van der Waals surface area contributed by atoms with Crippen molar-refractivity contribution in [1.82, 2.24) is 4.72 Å². The van der Waals surface area contributed by atoms with E-state index in [1.54, 1.807) is 13.0 Å². The van der Waals surface area contributed by atoms with Crippen LogP contribution in [0.3, 0.4) is 0 Å². The van der Waals surface area contributed by atoms with Crippen LogP contribution >= 0.6 is 12.4 Å². The van der Waals surface area contributed by atoms with E-state index in [0.717, 1.165) is 25.7 Å². The molecule has 0 aliphatic heterocycles. The predicted molar refractivity (Wildman–Crippen MR) is 90.2 cm³/mol. The summed E-state index contributed by atoms with van der Waals surface area (Å²) in [5, 5.41) is 11.1. The minimum absolute atomic E-state index is 0. The Morgan fingerprint density at radius 3 is 2.52 bits per heavy atom. The summed E-state index contributed by atoms with van der Waals surface area (Å²) in [4.78, 5) is 10.2. The number of nitro groups is 1. The summed E-state index contributed by atoms with van der Waals surface area (Å²) < 4.78 is 27.8. The lowest BCUT2D eigenvalue weighted by atomic mass is 9.99. The zero-order valence-corrected chi connectivity index (χ0v) is 14.5. The minimum atomic E-state index is -3.99. The third-order valence-corrected chi connectivity index (χ3v) is 5.87. The molecular formula is C14H22ClN3O4S. The minimum Gasteiger partial charge on any atom is -0.329 e. The Hall–Kier alpha value is -1.22. The summed E-state index contributed by atoms with van der Waals surface area (Å²) in [5.41, 5.74) is 5.66. The van der Waals surface area contributed by atoms with Gasteiger partial charge < -0.3 is 5.73 Å². The first-order valence-electron chi connectivity index (χ1n) is 7.33. The lowest BCUT2D eigenvalue weighted by molar-refractivity contribution is -0.387. The summed E-state index contributed by atoms with van der Waals surface area (Å²) in [6, 6.07) is 3.85. The molecular weight excluding hydrogens is 342 g/mol. The van der Waals surface area contributed by atoms with Gasteiger partial charge >= 0.3 is 0 Å². The maximum absolute atomic E-state index is 12.6. The van der Waals surface area contributed by atoms with Crippen LogP contribution in [0, 0.1) is 23.0 Å². The molecule has 1 aliphatic carbocycles. The highest BCUT2D eigenvalue weighted by atomic mass is 35.5. The van der Waals surface area contributed by atoms with Crippen molar-refractivity contribution in [2.24, 2.45) is 11.7 Å². The van der Waals surface area contributed by atoms with Crippen LogP contribution in [0.25, 0.3) is 0 Å². The van der Waals surface area contributed by atoms with Crippen molar-refractivity contribution in [2.75, 3.05) is 6.54 Å².